The van der Waals surface area contributed by atoms with Crippen LogP contribution in [-0.2, 0) is 17.8 Å². The first-order valence-electron chi connectivity index (χ1n) is 12.3. The number of carbonyl (C=O) groups excluding carboxylic acids is 2. The number of ether oxygens (including phenoxy) is 1. The van der Waals surface area contributed by atoms with Gasteiger partial charge >= 0.3 is 0 Å². The van der Waals surface area contributed by atoms with E-state index in [1.54, 1.807) is 30.5 Å². The molecule has 3 aromatic carbocycles. The number of hydrogen-bond donors (Lipinski definition) is 2. The Morgan fingerprint density at radius 1 is 1.03 bits per heavy atom. The molecule has 2 heterocycles. The Morgan fingerprint density at radius 3 is 2.69 bits per heavy atom. The highest BCUT2D eigenvalue weighted by Crippen LogP contribution is 2.21. The van der Waals surface area contributed by atoms with Gasteiger partial charge in [-0.15, -0.1) is 10.2 Å². The van der Waals surface area contributed by atoms with Crippen molar-refractivity contribution in [3.05, 3.63) is 107 Å². The molecule has 2 amide bonds. The molecule has 0 atom stereocenters. The predicted octanol–water partition coefficient (Wildman–Crippen LogP) is 4.83. The van der Waals surface area contributed by atoms with Crippen molar-refractivity contribution in [2.24, 2.45) is 5.10 Å². The van der Waals surface area contributed by atoms with Crippen molar-refractivity contribution < 1.29 is 14.3 Å². The van der Waals surface area contributed by atoms with E-state index < -0.39 is 0 Å². The van der Waals surface area contributed by atoms with E-state index in [4.69, 9.17) is 4.74 Å². The maximum Gasteiger partial charge on any atom is 0.257 e. The van der Waals surface area contributed by atoms with E-state index in [2.05, 4.69) is 30.6 Å². The average molecular weight is 539 g/mol. The van der Waals surface area contributed by atoms with Crippen molar-refractivity contribution >= 4 is 45.4 Å². The van der Waals surface area contributed by atoms with Crippen LogP contribution in [0.5, 0.6) is 5.75 Å². The molecule has 196 valence electrons. The smallest absolute Gasteiger partial charge is 0.257 e. The summed E-state index contributed by atoms with van der Waals surface area (Å²) in [4.78, 5) is 24.7. The summed E-state index contributed by atoms with van der Waals surface area (Å²) in [5, 5.41) is 16.6. The lowest BCUT2D eigenvalue weighted by atomic mass is 10.2. The maximum absolute atomic E-state index is 12.4. The third kappa shape index (κ3) is 6.74. The van der Waals surface area contributed by atoms with Crippen molar-refractivity contribution in [2.75, 3.05) is 11.9 Å². The van der Waals surface area contributed by atoms with E-state index in [0.29, 0.717) is 28.9 Å². The SMILES string of the molecule is Cc1cccc(OCCn2cc(/C=N\NC(=O)Cc3nnc(NC(=O)c4ccccc4)s3)c3ccccc32)c1. The zero-order valence-electron chi connectivity index (χ0n) is 21.2. The Kier molecular flexibility index (Phi) is 8.03. The van der Waals surface area contributed by atoms with Crippen LogP contribution in [0.2, 0.25) is 0 Å². The van der Waals surface area contributed by atoms with Crippen LogP contribution in [0.15, 0.2) is 90.2 Å². The van der Waals surface area contributed by atoms with Crippen molar-refractivity contribution in [2.45, 2.75) is 19.9 Å². The Hall–Kier alpha value is -4.83. The molecule has 0 spiro atoms. The van der Waals surface area contributed by atoms with Crippen molar-refractivity contribution in [3.63, 3.8) is 0 Å². The molecule has 0 saturated carbocycles. The number of anilines is 1. The Balaban J connectivity index is 1.16. The van der Waals surface area contributed by atoms with Gasteiger partial charge < -0.3 is 9.30 Å². The molecule has 9 nitrogen and oxygen atoms in total. The van der Waals surface area contributed by atoms with Gasteiger partial charge in [0.1, 0.15) is 17.4 Å². The number of hydrazone groups is 1. The number of rotatable bonds is 10. The van der Waals surface area contributed by atoms with Gasteiger partial charge in [-0.1, -0.05) is 59.9 Å². The first kappa shape index (κ1) is 25.8. The van der Waals surface area contributed by atoms with Gasteiger partial charge in [0.2, 0.25) is 11.0 Å². The molecule has 0 radical (unpaired) electrons. The van der Waals surface area contributed by atoms with E-state index in [9.17, 15) is 9.59 Å². The second-order valence-corrected chi connectivity index (χ2v) is 9.81. The molecule has 2 N–H and O–H groups in total. The van der Waals surface area contributed by atoms with Crippen LogP contribution in [0.1, 0.15) is 26.5 Å². The number of aromatic nitrogens is 3. The van der Waals surface area contributed by atoms with Crippen LogP contribution in [-0.4, -0.2) is 39.4 Å². The number of nitrogens with one attached hydrogen (secondary N) is 2. The first-order chi connectivity index (χ1) is 19.0. The lowest BCUT2D eigenvalue weighted by Crippen LogP contribution is -2.19. The van der Waals surface area contributed by atoms with E-state index in [1.165, 1.54) is 0 Å². The standard InChI is InChI=1S/C29H26N6O3S/c1-20-8-7-11-23(16-20)38-15-14-35-19-22(24-12-5-6-13-25(24)35)18-30-32-26(36)17-27-33-34-29(39-27)31-28(37)21-9-3-2-4-10-21/h2-13,16,18-19H,14-15,17H2,1H3,(H,32,36)(H,31,34,37)/b30-18-. The molecular formula is C29H26N6O3S. The number of hydrogen-bond acceptors (Lipinski definition) is 7. The van der Waals surface area contributed by atoms with E-state index in [1.807, 2.05) is 67.7 Å². The monoisotopic (exact) mass is 538 g/mol. The molecule has 0 aliphatic heterocycles. The second kappa shape index (κ2) is 12.1. The number of aryl methyl sites for hydroxylation is 1. The molecule has 2 aromatic heterocycles. The minimum absolute atomic E-state index is 0.00568. The van der Waals surface area contributed by atoms with Crippen LogP contribution < -0.4 is 15.5 Å². The molecule has 0 bridgehead atoms. The highest BCUT2D eigenvalue weighted by Gasteiger charge is 2.13. The number of carbonyl (C=O) groups is 2. The van der Waals surface area contributed by atoms with Gasteiger partial charge in [0.05, 0.1) is 19.2 Å². The Labute approximate surface area is 229 Å². The minimum atomic E-state index is -0.335. The zero-order chi connectivity index (χ0) is 27.0. The lowest BCUT2D eigenvalue weighted by Gasteiger charge is -2.08. The van der Waals surface area contributed by atoms with E-state index in [0.717, 1.165) is 39.1 Å². The van der Waals surface area contributed by atoms with Crippen molar-refractivity contribution in [1.29, 1.82) is 0 Å². The molecule has 39 heavy (non-hydrogen) atoms. The average Bonchev–Trinajstić information content (AvgIpc) is 3.53. The molecule has 0 aliphatic rings. The second-order valence-electron chi connectivity index (χ2n) is 8.75. The maximum atomic E-state index is 12.4. The summed E-state index contributed by atoms with van der Waals surface area (Å²) < 4.78 is 8.03. The minimum Gasteiger partial charge on any atom is -0.492 e. The summed E-state index contributed by atoms with van der Waals surface area (Å²) in [5.74, 6) is 0.226. The molecule has 0 fully saturated rings. The van der Waals surface area contributed by atoms with Crippen LogP contribution in [0.4, 0.5) is 5.13 Å². The van der Waals surface area contributed by atoms with Crippen LogP contribution in [0.25, 0.3) is 10.9 Å². The molecule has 0 saturated heterocycles. The fraction of sp³-hybridized carbons (Fsp3) is 0.138. The third-order valence-corrected chi connectivity index (χ3v) is 6.68. The number of benzene rings is 3. The third-order valence-electron chi connectivity index (χ3n) is 5.84. The predicted molar refractivity (Wildman–Crippen MR) is 152 cm³/mol. The summed E-state index contributed by atoms with van der Waals surface area (Å²) in [5.41, 5.74) is 6.15. The summed E-state index contributed by atoms with van der Waals surface area (Å²) in [6.07, 6.45) is 3.62. The Morgan fingerprint density at radius 2 is 1.85 bits per heavy atom. The topological polar surface area (TPSA) is 110 Å². The van der Waals surface area contributed by atoms with Crippen molar-refractivity contribution in [3.8, 4) is 5.75 Å². The largest absolute Gasteiger partial charge is 0.492 e. The Bertz CT molecular complexity index is 1630. The number of para-hydroxylation sites is 1. The van der Waals surface area contributed by atoms with Gasteiger partial charge in [0.25, 0.3) is 5.91 Å². The fourth-order valence-corrected chi connectivity index (χ4v) is 4.75. The van der Waals surface area contributed by atoms with Gasteiger partial charge in [0, 0.05) is 28.2 Å². The lowest BCUT2D eigenvalue weighted by molar-refractivity contribution is -0.120. The summed E-state index contributed by atoms with van der Waals surface area (Å²) >= 11 is 1.14. The van der Waals surface area contributed by atoms with Gasteiger partial charge in [-0.25, -0.2) is 5.43 Å². The van der Waals surface area contributed by atoms with E-state index in [-0.39, 0.29) is 18.2 Å². The number of fused-ring (bicyclic) bond motifs is 1. The van der Waals surface area contributed by atoms with E-state index >= 15 is 0 Å². The van der Waals surface area contributed by atoms with Gasteiger partial charge in [-0.05, 0) is 42.8 Å². The summed E-state index contributed by atoms with van der Waals surface area (Å²) in [7, 11) is 0. The normalized spacial score (nSPS) is 11.1. The molecule has 10 heteroatoms. The highest BCUT2D eigenvalue weighted by atomic mass is 32.1. The molecule has 0 unspecified atom stereocenters. The number of nitrogens with zero attached hydrogens (tertiary/aromatic N) is 4. The summed E-state index contributed by atoms with van der Waals surface area (Å²) in [6, 6.07) is 24.8. The van der Waals surface area contributed by atoms with Gasteiger partial charge in [-0.3, -0.25) is 14.9 Å². The molecule has 5 rings (SSSR count). The summed E-state index contributed by atoms with van der Waals surface area (Å²) in [6.45, 7) is 3.22. The molecular weight excluding hydrogens is 512 g/mol. The van der Waals surface area contributed by atoms with Crippen LogP contribution >= 0.6 is 11.3 Å². The fourth-order valence-electron chi connectivity index (χ4n) is 4.02. The molecule has 5 aromatic rings. The van der Waals surface area contributed by atoms with Gasteiger partial charge in [-0.2, -0.15) is 5.10 Å². The number of amides is 2. The van der Waals surface area contributed by atoms with Crippen LogP contribution in [0.3, 0.4) is 0 Å². The van der Waals surface area contributed by atoms with Crippen molar-refractivity contribution in [1.82, 2.24) is 20.2 Å². The molecule has 0 aliphatic carbocycles. The van der Waals surface area contributed by atoms with Gasteiger partial charge in [0.15, 0.2) is 0 Å². The highest BCUT2D eigenvalue weighted by molar-refractivity contribution is 7.15. The van der Waals surface area contributed by atoms with Crippen LogP contribution in [0, 0.1) is 6.92 Å². The zero-order valence-corrected chi connectivity index (χ0v) is 22.0. The quantitative estimate of drug-likeness (QED) is 0.196. The first-order valence-corrected chi connectivity index (χ1v) is 13.1.